The first-order valence-electron chi connectivity index (χ1n) is 4.52. The van der Waals surface area contributed by atoms with Gasteiger partial charge in [-0.15, -0.1) is 0 Å². The molecule has 7 nitrogen and oxygen atoms in total. The van der Waals surface area contributed by atoms with Crippen LogP contribution in [-0.4, -0.2) is 49.7 Å². The zero-order valence-electron chi connectivity index (χ0n) is 8.15. The van der Waals surface area contributed by atoms with Crippen LogP contribution in [-0.2, 0) is 14.3 Å². The lowest BCUT2D eigenvalue weighted by Crippen LogP contribution is -2.52. The lowest BCUT2D eigenvalue weighted by Gasteiger charge is -2.26. The number of nitrogens with one attached hydrogen (secondary N) is 2. The summed E-state index contributed by atoms with van der Waals surface area (Å²) in [4.78, 5) is 22.2. The minimum absolute atomic E-state index is 0.171. The van der Waals surface area contributed by atoms with E-state index in [2.05, 4.69) is 10.7 Å². The van der Waals surface area contributed by atoms with E-state index in [0.717, 1.165) is 0 Å². The van der Waals surface area contributed by atoms with Crippen LogP contribution in [0.25, 0.3) is 0 Å². The van der Waals surface area contributed by atoms with Crippen LogP contribution in [0.3, 0.4) is 0 Å². The van der Waals surface area contributed by atoms with Gasteiger partial charge in [0.25, 0.3) is 0 Å². The van der Waals surface area contributed by atoms with Crippen molar-refractivity contribution in [1.29, 1.82) is 5.26 Å². The third-order valence-corrected chi connectivity index (χ3v) is 1.80. The number of ether oxygens (including phenoxy) is 1. The van der Waals surface area contributed by atoms with Crippen molar-refractivity contribution in [3.63, 3.8) is 0 Å². The largest absolute Gasteiger partial charge is 0.379 e. The molecule has 0 aromatic heterocycles. The van der Waals surface area contributed by atoms with E-state index < -0.39 is 11.8 Å². The summed E-state index contributed by atoms with van der Waals surface area (Å²) in [5.41, 5.74) is 2.42. The van der Waals surface area contributed by atoms with E-state index >= 15 is 0 Å². The predicted octanol–water partition coefficient (Wildman–Crippen LogP) is -2.01. The van der Waals surface area contributed by atoms with Crippen LogP contribution < -0.4 is 10.7 Å². The molecule has 1 heterocycles. The second kappa shape index (κ2) is 5.95. The molecule has 0 aliphatic carbocycles. The van der Waals surface area contributed by atoms with Crippen molar-refractivity contribution in [2.24, 2.45) is 0 Å². The lowest BCUT2D eigenvalue weighted by molar-refractivity contribution is -0.143. The Hall–Kier alpha value is -1.65. The van der Waals surface area contributed by atoms with Gasteiger partial charge in [0.1, 0.15) is 6.54 Å². The quantitative estimate of drug-likeness (QED) is 0.407. The molecule has 0 atom stereocenters. The van der Waals surface area contributed by atoms with E-state index in [1.165, 1.54) is 0 Å². The molecule has 82 valence electrons. The monoisotopic (exact) mass is 212 g/mol. The van der Waals surface area contributed by atoms with E-state index in [0.29, 0.717) is 26.3 Å². The number of hydrazine groups is 1. The number of carbonyl (C=O) groups excluding carboxylic acids is 2. The molecule has 0 spiro atoms. The van der Waals surface area contributed by atoms with Crippen LogP contribution in [0.2, 0.25) is 0 Å². The molecule has 15 heavy (non-hydrogen) atoms. The maximum atomic E-state index is 11.2. The first kappa shape index (κ1) is 11.4. The number of nitriles is 1. The van der Waals surface area contributed by atoms with Crippen LogP contribution >= 0.6 is 0 Å². The molecule has 0 aromatic carbocycles. The van der Waals surface area contributed by atoms with Crippen LogP contribution in [0.15, 0.2) is 0 Å². The van der Waals surface area contributed by atoms with Gasteiger partial charge in [-0.1, -0.05) is 0 Å². The molecule has 0 saturated carbocycles. The van der Waals surface area contributed by atoms with E-state index in [4.69, 9.17) is 10.00 Å². The van der Waals surface area contributed by atoms with E-state index in [1.54, 1.807) is 11.1 Å². The lowest BCUT2D eigenvalue weighted by atomic mass is 10.5. The Bertz CT molecular complexity index is 280. The van der Waals surface area contributed by atoms with E-state index in [1.807, 2.05) is 0 Å². The van der Waals surface area contributed by atoms with Gasteiger partial charge in [0.2, 0.25) is 0 Å². The van der Waals surface area contributed by atoms with Gasteiger partial charge >= 0.3 is 11.8 Å². The number of nitrogens with zero attached hydrogens (tertiary/aromatic N) is 2. The molecule has 0 bridgehead atoms. The van der Waals surface area contributed by atoms with Crippen LogP contribution in [0.5, 0.6) is 0 Å². The van der Waals surface area contributed by atoms with Crippen LogP contribution in [0.1, 0.15) is 0 Å². The molecular formula is C8H12N4O3. The molecule has 7 heteroatoms. The standard InChI is InChI=1S/C8H12N4O3/c9-1-2-10-7(13)8(14)11-12-3-5-15-6-4-12/h2-6H2,(H,10,13)(H,11,14). The first-order valence-corrected chi connectivity index (χ1v) is 4.52. The molecule has 1 aliphatic rings. The van der Waals surface area contributed by atoms with Crippen molar-refractivity contribution in [2.45, 2.75) is 0 Å². The number of rotatable bonds is 2. The third-order valence-electron chi connectivity index (χ3n) is 1.80. The molecule has 1 fully saturated rings. The Balaban J connectivity index is 2.27. The highest BCUT2D eigenvalue weighted by atomic mass is 16.5. The minimum Gasteiger partial charge on any atom is -0.379 e. The average Bonchev–Trinajstić information content (AvgIpc) is 2.27. The van der Waals surface area contributed by atoms with Gasteiger partial charge in [0.05, 0.1) is 19.3 Å². The fraction of sp³-hybridized carbons (Fsp3) is 0.625. The normalized spacial score (nSPS) is 16.5. The summed E-state index contributed by atoms with van der Waals surface area (Å²) >= 11 is 0. The SMILES string of the molecule is N#CCNC(=O)C(=O)NN1CCOCC1. The average molecular weight is 212 g/mol. The van der Waals surface area contributed by atoms with E-state index in [-0.39, 0.29) is 6.54 Å². The van der Waals surface area contributed by atoms with Gasteiger partial charge in [0, 0.05) is 13.1 Å². The van der Waals surface area contributed by atoms with Crippen molar-refractivity contribution in [1.82, 2.24) is 15.8 Å². The minimum atomic E-state index is -0.803. The smallest absolute Gasteiger partial charge is 0.323 e. The fourth-order valence-electron chi connectivity index (χ4n) is 1.07. The van der Waals surface area contributed by atoms with Gasteiger partial charge in [-0.2, -0.15) is 5.26 Å². The van der Waals surface area contributed by atoms with Crippen molar-refractivity contribution < 1.29 is 14.3 Å². The zero-order valence-corrected chi connectivity index (χ0v) is 8.15. The second-order valence-corrected chi connectivity index (χ2v) is 2.88. The number of carbonyl (C=O) groups is 2. The highest BCUT2D eigenvalue weighted by molar-refractivity contribution is 6.34. The number of amides is 2. The van der Waals surface area contributed by atoms with E-state index in [9.17, 15) is 9.59 Å². The molecule has 2 amide bonds. The number of hydrogen-bond donors (Lipinski definition) is 2. The third kappa shape index (κ3) is 3.93. The summed E-state index contributed by atoms with van der Waals surface area (Å²) in [5.74, 6) is -1.56. The molecule has 1 aliphatic heterocycles. The summed E-state index contributed by atoms with van der Waals surface area (Å²) in [6.45, 7) is 1.99. The Kier molecular flexibility index (Phi) is 4.53. The fourth-order valence-corrected chi connectivity index (χ4v) is 1.07. The van der Waals surface area contributed by atoms with Crippen molar-refractivity contribution >= 4 is 11.8 Å². The zero-order chi connectivity index (χ0) is 11.1. The molecular weight excluding hydrogens is 200 g/mol. The van der Waals surface area contributed by atoms with Crippen LogP contribution in [0.4, 0.5) is 0 Å². The highest BCUT2D eigenvalue weighted by Crippen LogP contribution is 1.91. The van der Waals surface area contributed by atoms with Gasteiger partial charge in [-0.3, -0.25) is 15.0 Å². The molecule has 0 radical (unpaired) electrons. The predicted molar refractivity (Wildman–Crippen MR) is 49.2 cm³/mol. The number of hydrogen-bond acceptors (Lipinski definition) is 5. The topological polar surface area (TPSA) is 94.5 Å². The van der Waals surface area contributed by atoms with Gasteiger partial charge in [-0.05, 0) is 0 Å². The number of morpholine rings is 1. The van der Waals surface area contributed by atoms with Gasteiger partial charge in [-0.25, -0.2) is 5.01 Å². The molecule has 0 unspecified atom stereocenters. The maximum Gasteiger partial charge on any atom is 0.323 e. The maximum absolute atomic E-state index is 11.2. The summed E-state index contributed by atoms with van der Waals surface area (Å²) in [6.07, 6.45) is 0. The Morgan fingerprint density at radius 1 is 1.33 bits per heavy atom. The van der Waals surface area contributed by atoms with Gasteiger partial charge < -0.3 is 10.1 Å². The molecule has 1 saturated heterocycles. The van der Waals surface area contributed by atoms with Crippen molar-refractivity contribution in [3.05, 3.63) is 0 Å². The Morgan fingerprint density at radius 2 is 2.00 bits per heavy atom. The summed E-state index contributed by atoms with van der Waals surface area (Å²) in [5, 5.41) is 12.0. The molecule has 1 rings (SSSR count). The second-order valence-electron chi connectivity index (χ2n) is 2.88. The van der Waals surface area contributed by atoms with Crippen LogP contribution in [0, 0.1) is 11.3 Å². The summed E-state index contributed by atoms with van der Waals surface area (Å²) in [6, 6.07) is 1.71. The summed E-state index contributed by atoms with van der Waals surface area (Å²) < 4.78 is 5.07. The Labute approximate surface area is 86.9 Å². The van der Waals surface area contributed by atoms with Gasteiger partial charge in [0.15, 0.2) is 0 Å². The highest BCUT2D eigenvalue weighted by Gasteiger charge is 2.17. The molecule has 0 aromatic rings. The Morgan fingerprint density at radius 3 is 2.60 bits per heavy atom. The summed E-state index contributed by atoms with van der Waals surface area (Å²) in [7, 11) is 0. The van der Waals surface area contributed by atoms with Crippen molar-refractivity contribution in [2.75, 3.05) is 32.8 Å². The first-order chi connectivity index (χ1) is 7.24. The van der Waals surface area contributed by atoms with Crippen molar-refractivity contribution in [3.8, 4) is 6.07 Å². The molecule has 2 N–H and O–H groups in total.